The molecule has 114 valence electrons. The monoisotopic (exact) mass is 290 g/mol. The zero-order chi connectivity index (χ0) is 15.5. The van der Waals surface area contributed by atoms with Crippen LogP contribution in [-0.4, -0.2) is 38.9 Å². The van der Waals surface area contributed by atoms with Gasteiger partial charge in [-0.1, -0.05) is 0 Å². The van der Waals surface area contributed by atoms with E-state index in [1.165, 1.54) is 0 Å². The molecule has 3 N–H and O–H groups in total. The summed E-state index contributed by atoms with van der Waals surface area (Å²) in [5.41, 5.74) is 0.445. The molecule has 0 fully saturated rings. The summed E-state index contributed by atoms with van der Waals surface area (Å²) in [6, 6.07) is 0. The minimum atomic E-state index is -0.250. The van der Waals surface area contributed by atoms with E-state index in [2.05, 4.69) is 25.9 Å². The molecule has 0 atom stereocenters. The summed E-state index contributed by atoms with van der Waals surface area (Å²) in [4.78, 5) is 20.6. The third kappa shape index (κ3) is 4.08. The highest BCUT2D eigenvalue weighted by Gasteiger charge is 2.14. The number of hydrogen-bond donors (Lipinski definition) is 3. The molecule has 7 nitrogen and oxygen atoms in total. The van der Waals surface area contributed by atoms with Gasteiger partial charge in [0.15, 0.2) is 11.5 Å². The van der Waals surface area contributed by atoms with Crippen molar-refractivity contribution < 1.29 is 4.79 Å². The van der Waals surface area contributed by atoms with E-state index in [-0.39, 0.29) is 18.0 Å². The van der Waals surface area contributed by atoms with Gasteiger partial charge in [-0.15, -0.1) is 0 Å². The lowest BCUT2D eigenvalue weighted by atomic mass is 10.1. The van der Waals surface area contributed by atoms with E-state index in [1.54, 1.807) is 6.20 Å². The van der Waals surface area contributed by atoms with Crippen LogP contribution in [0.4, 0.5) is 11.6 Å². The van der Waals surface area contributed by atoms with Crippen LogP contribution in [0.3, 0.4) is 0 Å². The molecule has 2 aromatic rings. The highest BCUT2D eigenvalue weighted by atomic mass is 16.2. The van der Waals surface area contributed by atoms with E-state index in [0.29, 0.717) is 11.5 Å². The molecule has 2 heterocycles. The molecule has 0 bridgehead atoms. The van der Waals surface area contributed by atoms with Crippen LogP contribution in [0.2, 0.25) is 0 Å². The van der Waals surface area contributed by atoms with E-state index in [9.17, 15) is 4.79 Å². The van der Waals surface area contributed by atoms with Crippen LogP contribution in [0.1, 0.15) is 27.7 Å². The number of aromatic nitrogens is 3. The Labute approximate surface area is 124 Å². The molecule has 0 aliphatic carbocycles. The molecule has 7 heteroatoms. The van der Waals surface area contributed by atoms with Crippen LogP contribution in [0, 0.1) is 0 Å². The number of carbonyl (C=O) groups excluding carboxylic acids is 1. The number of amides is 1. The van der Waals surface area contributed by atoms with Crippen molar-refractivity contribution in [3.05, 3.63) is 18.6 Å². The fourth-order valence-corrected chi connectivity index (χ4v) is 1.94. The van der Waals surface area contributed by atoms with Crippen LogP contribution in [0.15, 0.2) is 18.6 Å². The summed E-state index contributed by atoms with van der Waals surface area (Å²) >= 11 is 0. The summed E-state index contributed by atoms with van der Waals surface area (Å²) in [6.07, 6.45) is 5.41. The van der Waals surface area contributed by atoms with E-state index in [0.717, 1.165) is 12.4 Å². The average molecular weight is 290 g/mol. The molecule has 0 saturated carbocycles. The van der Waals surface area contributed by atoms with E-state index in [4.69, 9.17) is 0 Å². The normalized spacial score (nSPS) is 11.4. The third-order valence-electron chi connectivity index (χ3n) is 2.66. The maximum absolute atomic E-state index is 11.9. The summed E-state index contributed by atoms with van der Waals surface area (Å²) in [6.45, 7) is 8.77. The van der Waals surface area contributed by atoms with Gasteiger partial charge in [-0.2, -0.15) is 0 Å². The van der Waals surface area contributed by atoms with Crippen molar-refractivity contribution in [1.29, 1.82) is 0 Å². The van der Waals surface area contributed by atoms with Crippen LogP contribution >= 0.6 is 0 Å². The Kier molecular flexibility index (Phi) is 4.30. The minimum Gasteiger partial charge on any atom is -0.369 e. The molecule has 21 heavy (non-hydrogen) atoms. The fourth-order valence-electron chi connectivity index (χ4n) is 1.94. The standard InChI is InChI=1S/C14H22N6O/c1-5-15-10-9-20-7-6-16-13(20)12(18-10)17-8-11(21)19-14(2,3)4/h6-7,9,15H,5,8H2,1-4H3,(H,17,18)(H,19,21). The first-order valence-corrected chi connectivity index (χ1v) is 7.01. The number of fused-ring (bicyclic) bond motifs is 1. The lowest BCUT2D eigenvalue weighted by molar-refractivity contribution is -0.120. The van der Waals surface area contributed by atoms with E-state index >= 15 is 0 Å². The smallest absolute Gasteiger partial charge is 0.239 e. The fraction of sp³-hybridized carbons (Fsp3) is 0.500. The minimum absolute atomic E-state index is 0.0807. The number of imidazole rings is 1. The maximum Gasteiger partial charge on any atom is 0.239 e. The number of nitrogens with one attached hydrogen (secondary N) is 3. The predicted octanol–water partition coefficient (Wildman–Crippen LogP) is 1.49. The van der Waals surface area contributed by atoms with Crippen LogP contribution in [0.25, 0.3) is 5.65 Å². The highest BCUT2D eigenvalue weighted by molar-refractivity contribution is 5.82. The van der Waals surface area contributed by atoms with Crippen molar-refractivity contribution in [3.8, 4) is 0 Å². The molecule has 0 aliphatic heterocycles. The Morgan fingerprint density at radius 2 is 2.10 bits per heavy atom. The second kappa shape index (κ2) is 5.99. The zero-order valence-electron chi connectivity index (χ0n) is 12.9. The second-order valence-corrected chi connectivity index (χ2v) is 5.81. The number of carbonyl (C=O) groups is 1. The van der Waals surface area contributed by atoms with E-state index in [1.807, 2.05) is 44.5 Å². The Balaban J connectivity index is 2.13. The topological polar surface area (TPSA) is 83.3 Å². The van der Waals surface area contributed by atoms with Gasteiger partial charge in [0.2, 0.25) is 5.91 Å². The SMILES string of the molecule is CCNc1cn2ccnc2c(NCC(=O)NC(C)(C)C)n1. The van der Waals surface area contributed by atoms with Gasteiger partial charge in [0.1, 0.15) is 5.82 Å². The van der Waals surface area contributed by atoms with Crippen molar-refractivity contribution in [3.63, 3.8) is 0 Å². The summed E-state index contributed by atoms with van der Waals surface area (Å²) < 4.78 is 1.87. The summed E-state index contributed by atoms with van der Waals surface area (Å²) in [7, 11) is 0. The molecule has 0 saturated heterocycles. The molecule has 0 aliphatic rings. The summed E-state index contributed by atoms with van der Waals surface area (Å²) in [5.74, 6) is 1.24. The second-order valence-electron chi connectivity index (χ2n) is 5.81. The number of rotatable bonds is 5. The van der Waals surface area contributed by atoms with Crippen molar-refractivity contribution in [2.75, 3.05) is 23.7 Å². The largest absolute Gasteiger partial charge is 0.369 e. The van der Waals surface area contributed by atoms with Gasteiger partial charge < -0.3 is 20.4 Å². The Morgan fingerprint density at radius 1 is 1.33 bits per heavy atom. The highest BCUT2D eigenvalue weighted by Crippen LogP contribution is 2.16. The Morgan fingerprint density at radius 3 is 2.76 bits per heavy atom. The van der Waals surface area contributed by atoms with Crippen molar-refractivity contribution in [2.45, 2.75) is 33.2 Å². The first kappa shape index (κ1) is 15.1. The van der Waals surface area contributed by atoms with Gasteiger partial charge in [-0.3, -0.25) is 4.79 Å². The summed E-state index contributed by atoms with van der Waals surface area (Å²) in [5, 5.41) is 9.10. The number of nitrogens with zero attached hydrogens (tertiary/aromatic N) is 3. The first-order valence-electron chi connectivity index (χ1n) is 7.01. The Bertz CT molecular complexity index is 628. The molecule has 0 spiro atoms. The molecule has 1 amide bonds. The zero-order valence-corrected chi connectivity index (χ0v) is 12.9. The van der Waals surface area contributed by atoms with Gasteiger partial charge in [0, 0.05) is 24.5 Å². The lowest BCUT2D eigenvalue weighted by Crippen LogP contribution is -2.43. The quantitative estimate of drug-likeness (QED) is 0.777. The van der Waals surface area contributed by atoms with Crippen LogP contribution in [0.5, 0.6) is 0 Å². The van der Waals surface area contributed by atoms with Crippen molar-refractivity contribution in [2.24, 2.45) is 0 Å². The molecule has 0 aromatic carbocycles. The average Bonchev–Trinajstić information content (AvgIpc) is 2.82. The molecular formula is C14H22N6O. The first-order chi connectivity index (χ1) is 9.89. The number of hydrogen-bond acceptors (Lipinski definition) is 5. The van der Waals surface area contributed by atoms with Gasteiger partial charge >= 0.3 is 0 Å². The lowest BCUT2D eigenvalue weighted by Gasteiger charge is -2.20. The van der Waals surface area contributed by atoms with Crippen LogP contribution in [-0.2, 0) is 4.79 Å². The van der Waals surface area contributed by atoms with Gasteiger partial charge in [-0.25, -0.2) is 9.97 Å². The molecular weight excluding hydrogens is 268 g/mol. The number of anilines is 2. The van der Waals surface area contributed by atoms with Crippen LogP contribution < -0.4 is 16.0 Å². The van der Waals surface area contributed by atoms with Gasteiger partial charge in [-0.05, 0) is 27.7 Å². The van der Waals surface area contributed by atoms with Gasteiger partial charge in [0.25, 0.3) is 0 Å². The molecule has 2 aromatic heterocycles. The third-order valence-corrected chi connectivity index (χ3v) is 2.66. The Hall–Kier alpha value is -2.31. The van der Waals surface area contributed by atoms with Gasteiger partial charge in [0.05, 0.1) is 12.7 Å². The molecule has 0 unspecified atom stereocenters. The van der Waals surface area contributed by atoms with E-state index < -0.39 is 0 Å². The maximum atomic E-state index is 11.9. The predicted molar refractivity (Wildman–Crippen MR) is 83.5 cm³/mol. The molecule has 0 radical (unpaired) electrons. The molecule has 2 rings (SSSR count). The van der Waals surface area contributed by atoms with Crippen molar-refractivity contribution >= 4 is 23.2 Å². The van der Waals surface area contributed by atoms with Crippen molar-refractivity contribution in [1.82, 2.24) is 19.7 Å².